The Morgan fingerprint density at radius 3 is 1.20 bits per heavy atom. The van der Waals surface area contributed by atoms with Gasteiger partial charge < -0.3 is 47.3 Å². The minimum Gasteiger partial charge on any atom is -0.394 e. The van der Waals surface area contributed by atoms with Crippen molar-refractivity contribution in [2.24, 2.45) is 0 Å². The highest BCUT2D eigenvalue weighted by Gasteiger charge is 2.79. The first-order valence-electron chi connectivity index (χ1n) is 20.3. The first kappa shape index (κ1) is 35.8. The van der Waals surface area contributed by atoms with Gasteiger partial charge in [-0.2, -0.15) is 0 Å². The molecular weight excluding hydrogens is 745 g/mol. The summed E-state index contributed by atoms with van der Waals surface area (Å²) in [5, 5.41) is 0. The van der Waals surface area contributed by atoms with Crippen LogP contribution in [-0.2, 0) is 32.9 Å². The minimum absolute atomic E-state index is 0.0408. The van der Waals surface area contributed by atoms with E-state index >= 15 is 0 Å². The van der Waals surface area contributed by atoms with Crippen LogP contribution >= 0.6 is 0 Å². The van der Waals surface area contributed by atoms with Crippen molar-refractivity contribution in [1.82, 2.24) is 0 Å². The van der Waals surface area contributed by atoms with E-state index in [1.807, 2.05) is 0 Å². The highest BCUT2D eigenvalue weighted by molar-refractivity contribution is 7.02. The number of hydrogen-bond acceptors (Lipinski definition) is 11. The van der Waals surface area contributed by atoms with Crippen molar-refractivity contribution in [3.63, 3.8) is 0 Å². The van der Waals surface area contributed by atoms with Gasteiger partial charge in [0.2, 0.25) is 0 Å². The number of hydrogen-bond donors (Lipinski definition) is 3. The molecule has 6 atom stereocenters. The molecule has 0 spiro atoms. The summed E-state index contributed by atoms with van der Waals surface area (Å²) in [6, 6.07) is 0. The molecule has 0 amide bonds. The molecule has 3 aliphatic heterocycles. The van der Waals surface area contributed by atoms with Crippen LogP contribution in [0.2, 0.25) is 38.9 Å². The van der Waals surface area contributed by atoms with E-state index in [4.69, 9.17) is 32.9 Å². The van der Waals surface area contributed by atoms with Gasteiger partial charge in [-0.25, -0.2) is 0 Å². The summed E-state index contributed by atoms with van der Waals surface area (Å²) in [5.41, 5.74) is 0.383. The van der Waals surface area contributed by atoms with E-state index in [1.165, 1.54) is 0 Å². The zero-order chi connectivity index (χ0) is 33.4. The topological polar surface area (TPSA) is 135 Å². The summed E-state index contributed by atoms with van der Waals surface area (Å²) in [5.74, 6) is 0. The highest BCUT2D eigenvalue weighted by atomic mass is 28.6. The quantitative estimate of drug-likeness (QED) is 0.241. The van der Waals surface area contributed by atoms with Gasteiger partial charge >= 0.3 is 61.9 Å². The van der Waals surface area contributed by atoms with Gasteiger partial charge in [-0.05, 0) is 77.0 Å². The predicted molar refractivity (Wildman–Crippen MR) is 194 cm³/mol. The van der Waals surface area contributed by atoms with Crippen LogP contribution in [-0.4, -0.2) is 76.3 Å². The van der Waals surface area contributed by atoms with Crippen LogP contribution in [0.3, 0.4) is 0 Å². The van der Waals surface area contributed by atoms with Crippen molar-refractivity contribution in [3.05, 3.63) is 0 Å². The molecule has 277 valence electrons. The van der Waals surface area contributed by atoms with Crippen LogP contribution < -0.4 is 0 Å². The van der Waals surface area contributed by atoms with Gasteiger partial charge in [-0.15, -0.1) is 0 Å². The minimum atomic E-state index is -4.15. The Labute approximate surface area is 301 Å². The lowest BCUT2D eigenvalue weighted by Gasteiger charge is -2.60. The second-order valence-electron chi connectivity index (χ2n) is 17.2. The zero-order valence-corrected chi connectivity index (χ0v) is 36.2. The average molecular weight is 804 g/mol. The zero-order valence-electron chi connectivity index (χ0n) is 29.2. The molecule has 6 unspecified atom stereocenters. The van der Waals surface area contributed by atoms with E-state index in [1.54, 1.807) is 0 Å². The van der Waals surface area contributed by atoms with Crippen LogP contribution in [0.25, 0.3) is 0 Å². The lowest BCUT2D eigenvalue weighted by Crippen LogP contribution is -2.82. The van der Waals surface area contributed by atoms with E-state index in [2.05, 4.69) is 0 Å². The van der Waals surface area contributed by atoms with E-state index in [0.29, 0.717) is 5.67 Å². The van der Waals surface area contributed by atoms with Crippen molar-refractivity contribution < 1.29 is 47.3 Å². The van der Waals surface area contributed by atoms with Gasteiger partial charge in [0, 0.05) is 38.9 Å². The van der Waals surface area contributed by atoms with Gasteiger partial charge in [0.1, 0.15) is 0 Å². The van der Waals surface area contributed by atoms with Crippen LogP contribution in [0.5, 0.6) is 0 Å². The van der Waals surface area contributed by atoms with Crippen LogP contribution in [0.15, 0.2) is 0 Å². The molecule has 9 rings (SSSR count). The monoisotopic (exact) mass is 803 g/mol. The molecule has 0 aromatic carbocycles. The Balaban J connectivity index is 1.29. The molecule has 11 nitrogen and oxygen atoms in total. The maximum absolute atomic E-state index is 13.3. The summed E-state index contributed by atoms with van der Waals surface area (Å²) in [4.78, 5) is 38.7. The summed E-state index contributed by atoms with van der Waals surface area (Å²) >= 11 is 0. The second kappa shape index (κ2) is 13.7. The maximum Gasteiger partial charge on any atom is 0.557 e. The molecular formula is C31H59O11Si7. The number of fused-ring (bicyclic) bond motifs is 3. The third kappa shape index (κ3) is 6.33. The summed E-state index contributed by atoms with van der Waals surface area (Å²) in [6.45, 7) is 0. The fourth-order valence-electron chi connectivity index (χ4n) is 11.7. The first-order valence-corrected chi connectivity index (χ1v) is 33.0. The first-order chi connectivity index (χ1) is 23.7. The number of rotatable bonds is 6. The van der Waals surface area contributed by atoms with Gasteiger partial charge in [0.05, 0.1) is 0 Å². The van der Waals surface area contributed by atoms with Crippen LogP contribution in [0.1, 0.15) is 154 Å². The molecule has 0 aromatic heterocycles. The fraction of sp³-hybridized carbons (Fsp3) is 1.00. The molecule has 49 heavy (non-hydrogen) atoms. The predicted octanol–water partition coefficient (Wildman–Crippen LogP) is 6.97. The maximum atomic E-state index is 13.3. The average Bonchev–Trinajstić information content (AvgIpc) is 3.92. The third-order valence-corrected chi connectivity index (χ3v) is 46.6. The van der Waals surface area contributed by atoms with Crippen molar-refractivity contribution in [1.29, 1.82) is 0 Å². The van der Waals surface area contributed by atoms with E-state index in [9.17, 15) is 14.4 Å². The van der Waals surface area contributed by atoms with Crippen LogP contribution in [0, 0.1) is 0 Å². The molecule has 3 saturated heterocycles. The molecule has 9 fully saturated rings. The Morgan fingerprint density at radius 2 is 0.714 bits per heavy atom. The third-order valence-electron chi connectivity index (χ3n) is 14.2. The molecule has 3 N–H and O–H groups in total. The van der Waals surface area contributed by atoms with Crippen LogP contribution in [0.4, 0.5) is 0 Å². The Morgan fingerprint density at radius 1 is 0.367 bits per heavy atom. The highest BCUT2D eigenvalue weighted by Crippen LogP contribution is 2.61. The normalized spacial score (nSPS) is 47.6. The fourth-order valence-corrected chi connectivity index (χ4v) is 55.7. The lowest BCUT2D eigenvalue weighted by atomic mass is 10.4. The van der Waals surface area contributed by atoms with Crippen molar-refractivity contribution in [3.8, 4) is 0 Å². The van der Waals surface area contributed by atoms with Crippen molar-refractivity contribution in [2.75, 3.05) is 0 Å². The molecule has 3 heterocycles. The molecule has 9 aliphatic rings. The Bertz CT molecular complexity index is 1130. The largest absolute Gasteiger partial charge is 0.557 e. The Kier molecular flexibility index (Phi) is 9.98. The molecule has 0 aromatic rings. The van der Waals surface area contributed by atoms with Gasteiger partial charge in [0.25, 0.3) is 0 Å². The van der Waals surface area contributed by atoms with Crippen molar-refractivity contribution >= 4 is 61.9 Å². The molecule has 18 heteroatoms. The molecule has 6 saturated carbocycles. The van der Waals surface area contributed by atoms with E-state index < -0.39 is 61.9 Å². The van der Waals surface area contributed by atoms with E-state index in [-0.39, 0.29) is 33.2 Å². The summed E-state index contributed by atoms with van der Waals surface area (Å²) in [7, 11) is -25.9. The molecule has 4 bridgehead atoms. The SMILES string of the molecule is O[Si]1O[Si]2(C3CCCC3)C[Si]3(C4CCCC4)O[Si](C4CCCC4)(O1)O[Si](O)(C1CCCC1)O[Si](C1CCCC1)(O[Si](O)(C1CCCC1)O2)O3. The van der Waals surface area contributed by atoms with E-state index in [0.717, 1.165) is 154 Å². The standard InChI is InChI=1S/C31H59O11Si7/c32-43-35-44(26-13-1-2-14-26)25-45(27-15-3-4-16-27)38-48(36-43,30-21-9-10-22-30)40-47(34,29-19-7-8-20-29)42-49(39-45,31-23-11-12-24-31)41-46(33,37-44)28-17-5-6-18-28/h26-34H,1-25H2. The second-order valence-corrected chi connectivity index (χ2v) is 38.8. The molecule has 6 aliphatic carbocycles. The Hall–Kier alpha value is 1.08. The van der Waals surface area contributed by atoms with Gasteiger partial charge in [-0.3, -0.25) is 0 Å². The van der Waals surface area contributed by atoms with Gasteiger partial charge in [0.15, 0.2) is 0 Å². The van der Waals surface area contributed by atoms with Crippen molar-refractivity contribution in [2.45, 2.75) is 193 Å². The van der Waals surface area contributed by atoms with Gasteiger partial charge in [-0.1, -0.05) is 77.0 Å². The summed E-state index contributed by atoms with van der Waals surface area (Å²) < 4.78 is 60.1. The molecule has 1 radical (unpaired) electrons. The lowest BCUT2D eigenvalue weighted by molar-refractivity contribution is 0.0426. The smallest absolute Gasteiger partial charge is 0.394 e. The summed E-state index contributed by atoms with van der Waals surface area (Å²) in [6.07, 6.45) is 23.3.